The van der Waals surface area contributed by atoms with Crippen LogP contribution in [-0.2, 0) is 5.54 Å². The first-order chi connectivity index (χ1) is 10.1. The van der Waals surface area contributed by atoms with Crippen molar-refractivity contribution in [2.75, 3.05) is 0 Å². The molecule has 0 amide bonds. The molecule has 10 heteroatoms. The topological polar surface area (TPSA) is 55.2 Å². The Bertz CT molecular complexity index is 640. The molecule has 1 heterocycles. The van der Waals surface area contributed by atoms with E-state index in [1.165, 1.54) is 0 Å². The lowest BCUT2D eigenvalue weighted by Gasteiger charge is -2.44. The number of nitro groups is 1. The third kappa shape index (κ3) is 2.40. The van der Waals surface area contributed by atoms with Crippen LogP contribution >= 0.6 is 12.2 Å². The van der Waals surface area contributed by atoms with Crippen LogP contribution in [0.1, 0.15) is 18.4 Å². The fraction of sp³-hybridized carbons (Fsp3) is 0.417. The zero-order chi connectivity index (χ0) is 16.7. The first-order valence-electron chi connectivity index (χ1n) is 6.03. The smallest absolute Gasteiger partial charge is 0.280 e. The van der Waals surface area contributed by atoms with Gasteiger partial charge in [-0.3, -0.25) is 10.1 Å². The summed E-state index contributed by atoms with van der Waals surface area (Å²) in [5.74, 6) is -5.44. The van der Waals surface area contributed by atoms with E-state index in [1.54, 1.807) is 0 Å². The highest BCUT2D eigenvalue weighted by Crippen LogP contribution is 2.48. The highest BCUT2D eigenvalue weighted by atomic mass is 32.1. The monoisotopic (exact) mass is 340 g/mol. The average Bonchev–Trinajstić information content (AvgIpc) is 2.41. The van der Waals surface area contributed by atoms with Crippen LogP contribution < -0.4 is 5.32 Å². The van der Waals surface area contributed by atoms with E-state index in [2.05, 4.69) is 12.2 Å². The van der Waals surface area contributed by atoms with Gasteiger partial charge in [-0.05, 0) is 6.07 Å². The van der Waals surface area contributed by atoms with E-state index in [9.17, 15) is 32.1 Å². The average molecular weight is 340 g/mol. The SMILES string of the molecule is O=[N+]([O-])c1ccc(F)c([C@@]2(C(F)F)NC(=S)CCC2(F)F)c1. The number of piperidine rings is 1. The minimum absolute atomic E-state index is 0.280. The van der Waals surface area contributed by atoms with Crippen molar-refractivity contribution < 1.29 is 26.9 Å². The molecule has 120 valence electrons. The summed E-state index contributed by atoms with van der Waals surface area (Å²) < 4.78 is 69.3. The number of halogens is 5. The highest BCUT2D eigenvalue weighted by Gasteiger charge is 2.64. The van der Waals surface area contributed by atoms with Gasteiger partial charge in [-0.1, -0.05) is 12.2 Å². The van der Waals surface area contributed by atoms with Gasteiger partial charge in [-0.25, -0.2) is 22.0 Å². The lowest BCUT2D eigenvalue weighted by Crippen LogP contribution is -2.65. The quantitative estimate of drug-likeness (QED) is 0.396. The van der Waals surface area contributed by atoms with Gasteiger partial charge in [0.15, 0.2) is 5.54 Å². The second-order valence-electron chi connectivity index (χ2n) is 4.78. The molecule has 0 bridgehead atoms. The van der Waals surface area contributed by atoms with Crippen molar-refractivity contribution in [2.45, 2.75) is 30.7 Å². The summed E-state index contributed by atoms with van der Waals surface area (Å²) >= 11 is 4.67. The van der Waals surface area contributed by atoms with Crippen LogP contribution in [0.3, 0.4) is 0 Å². The fourth-order valence-electron chi connectivity index (χ4n) is 2.37. The van der Waals surface area contributed by atoms with Gasteiger partial charge in [-0.2, -0.15) is 0 Å². The second-order valence-corrected chi connectivity index (χ2v) is 5.28. The summed E-state index contributed by atoms with van der Waals surface area (Å²) in [5.41, 5.74) is -5.38. The summed E-state index contributed by atoms with van der Waals surface area (Å²) in [5, 5.41) is 12.5. The summed E-state index contributed by atoms with van der Waals surface area (Å²) in [6, 6.07) is 1.60. The number of benzene rings is 1. The molecule has 1 saturated heterocycles. The Morgan fingerprint density at radius 3 is 2.55 bits per heavy atom. The van der Waals surface area contributed by atoms with Crippen molar-refractivity contribution in [3.63, 3.8) is 0 Å². The number of rotatable bonds is 3. The molecule has 0 spiro atoms. The van der Waals surface area contributed by atoms with Crippen molar-refractivity contribution in [1.29, 1.82) is 0 Å². The van der Waals surface area contributed by atoms with E-state index in [-0.39, 0.29) is 11.4 Å². The number of nitrogens with zero attached hydrogens (tertiary/aromatic N) is 1. The summed E-state index contributed by atoms with van der Waals surface area (Å²) in [7, 11) is 0. The van der Waals surface area contributed by atoms with Gasteiger partial charge in [0.2, 0.25) is 0 Å². The Balaban J connectivity index is 2.73. The Kier molecular flexibility index (Phi) is 4.07. The predicted octanol–water partition coefficient (Wildman–Crippen LogP) is 3.54. The van der Waals surface area contributed by atoms with Crippen LogP contribution in [0.2, 0.25) is 0 Å². The van der Waals surface area contributed by atoms with Gasteiger partial charge in [0.25, 0.3) is 18.0 Å². The van der Waals surface area contributed by atoms with Crippen molar-refractivity contribution in [3.05, 3.63) is 39.7 Å². The summed E-state index contributed by atoms with van der Waals surface area (Å²) in [6.07, 6.45) is -5.09. The van der Waals surface area contributed by atoms with Crippen LogP contribution in [-0.4, -0.2) is 22.3 Å². The molecule has 1 aliphatic heterocycles. The lowest BCUT2D eigenvalue weighted by atomic mass is 9.78. The normalized spacial score (nSPS) is 24.2. The third-order valence-corrected chi connectivity index (χ3v) is 3.80. The maximum atomic E-state index is 14.2. The number of non-ortho nitro benzene ring substituents is 1. The Morgan fingerprint density at radius 1 is 1.36 bits per heavy atom. The van der Waals surface area contributed by atoms with E-state index >= 15 is 0 Å². The zero-order valence-corrected chi connectivity index (χ0v) is 11.6. The van der Waals surface area contributed by atoms with E-state index in [4.69, 9.17) is 0 Å². The third-order valence-electron chi connectivity index (χ3n) is 3.49. The van der Waals surface area contributed by atoms with Gasteiger partial charge in [0.05, 0.1) is 9.91 Å². The van der Waals surface area contributed by atoms with E-state index in [1.807, 2.05) is 5.32 Å². The van der Waals surface area contributed by atoms with Gasteiger partial charge in [0.1, 0.15) is 5.82 Å². The zero-order valence-electron chi connectivity index (χ0n) is 10.8. The molecule has 1 atom stereocenters. The Morgan fingerprint density at radius 2 is 2.00 bits per heavy atom. The number of hydrogen-bond donors (Lipinski definition) is 1. The number of thiocarbonyl (C=S) groups is 1. The predicted molar refractivity (Wildman–Crippen MR) is 70.7 cm³/mol. The summed E-state index contributed by atoms with van der Waals surface area (Å²) in [4.78, 5) is 9.44. The van der Waals surface area contributed by atoms with Crippen LogP contribution in [0.15, 0.2) is 18.2 Å². The largest absolute Gasteiger partial charge is 0.360 e. The summed E-state index contributed by atoms with van der Waals surface area (Å²) in [6.45, 7) is 0. The Hall–Kier alpha value is -1.84. The molecule has 1 aromatic rings. The van der Waals surface area contributed by atoms with Gasteiger partial charge in [-0.15, -0.1) is 0 Å². The molecule has 1 fully saturated rings. The molecule has 0 unspecified atom stereocenters. The van der Waals surface area contributed by atoms with Crippen LogP contribution in [0, 0.1) is 15.9 Å². The minimum atomic E-state index is -4.04. The van der Waals surface area contributed by atoms with Crippen molar-refractivity contribution in [3.8, 4) is 0 Å². The number of nitro benzene ring substituents is 1. The number of nitrogens with one attached hydrogen (secondary N) is 1. The second kappa shape index (κ2) is 5.41. The molecule has 4 nitrogen and oxygen atoms in total. The van der Waals surface area contributed by atoms with Crippen LogP contribution in [0.5, 0.6) is 0 Å². The Labute approximate surface area is 126 Å². The molecule has 22 heavy (non-hydrogen) atoms. The highest BCUT2D eigenvalue weighted by molar-refractivity contribution is 7.80. The molecule has 1 aliphatic rings. The molecular formula is C12H9F5N2O2S. The minimum Gasteiger partial charge on any atom is -0.360 e. The first kappa shape index (κ1) is 16.5. The molecule has 0 radical (unpaired) electrons. The maximum Gasteiger partial charge on any atom is 0.280 e. The number of hydrogen-bond acceptors (Lipinski definition) is 3. The van der Waals surface area contributed by atoms with E-state index < -0.39 is 46.3 Å². The lowest BCUT2D eigenvalue weighted by molar-refractivity contribution is -0.385. The van der Waals surface area contributed by atoms with E-state index in [0.29, 0.717) is 18.2 Å². The standard InChI is InChI=1S/C12H9F5N2O2S/c13-8-2-1-6(19(20)21)5-7(8)12(10(14)15)11(16,17)4-3-9(22)18-12/h1-2,5,10H,3-4H2,(H,18,22)/t12-/m0/s1. The van der Waals surface area contributed by atoms with E-state index in [0.717, 1.165) is 0 Å². The van der Waals surface area contributed by atoms with Crippen molar-refractivity contribution in [1.82, 2.24) is 5.32 Å². The first-order valence-corrected chi connectivity index (χ1v) is 6.44. The van der Waals surface area contributed by atoms with Crippen LogP contribution in [0.4, 0.5) is 27.6 Å². The van der Waals surface area contributed by atoms with Crippen molar-refractivity contribution >= 4 is 22.9 Å². The molecule has 0 aliphatic carbocycles. The molecule has 1 aromatic carbocycles. The molecular weight excluding hydrogens is 331 g/mol. The maximum absolute atomic E-state index is 14.2. The molecule has 0 saturated carbocycles. The molecule has 0 aromatic heterocycles. The van der Waals surface area contributed by atoms with Gasteiger partial charge >= 0.3 is 0 Å². The van der Waals surface area contributed by atoms with Crippen molar-refractivity contribution in [2.24, 2.45) is 0 Å². The van der Waals surface area contributed by atoms with Gasteiger partial charge < -0.3 is 5.32 Å². The van der Waals surface area contributed by atoms with Crippen LogP contribution in [0.25, 0.3) is 0 Å². The molecule has 1 N–H and O–H groups in total. The fourth-order valence-corrected chi connectivity index (χ4v) is 2.63. The number of alkyl halides is 4. The molecule has 2 rings (SSSR count). The van der Waals surface area contributed by atoms with Gasteiger partial charge in [0, 0.05) is 30.5 Å².